The maximum absolute atomic E-state index is 11.3. The quantitative estimate of drug-likeness (QED) is 0.585. The molecule has 25 heavy (non-hydrogen) atoms. The van der Waals surface area contributed by atoms with E-state index in [4.69, 9.17) is 8.37 Å². The summed E-state index contributed by atoms with van der Waals surface area (Å²) in [5.74, 6) is 0.175. The summed E-state index contributed by atoms with van der Waals surface area (Å²) in [5, 5.41) is 0. The van der Waals surface area contributed by atoms with Crippen LogP contribution in [-0.2, 0) is 35.1 Å². The molecule has 3 atom stereocenters. The Balaban J connectivity index is 2.03. The zero-order valence-corrected chi connectivity index (χ0v) is 16.3. The van der Waals surface area contributed by atoms with Crippen molar-refractivity contribution in [1.29, 1.82) is 0 Å². The van der Waals surface area contributed by atoms with Gasteiger partial charge in [0.1, 0.15) is 0 Å². The summed E-state index contributed by atoms with van der Waals surface area (Å²) in [7, 11) is -6.96. The molecule has 0 N–H and O–H groups in total. The minimum atomic E-state index is -3.50. The summed E-state index contributed by atoms with van der Waals surface area (Å²) in [6.07, 6.45) is 2.62. The van der Waals surface area contributed by atoms with Crippen molar-refractivity contribution < 1.29 is 25.2 Å². The lowest BCUT2D eigenvalue weighted by molar-refractivity contribution is -0.0801. The van der Waals surface area contributed by atoms with E-state index in [1.807, 2.05) is 37.3 Å². The molecule has 0 saturated carbocycles. The molecular weight excluding hydrogens is 366 g/mol. The third-order valence-electron chi connectivity index (χ3n) is 4.44. The topological polar surface area (TPSA) is 90.0 Å². The summed E-state index contributed by atoms with van der Waals surface area (Å²) < 4.78 is 54.7. The molecule has 0 bridgehead atoms. The van der Waals surface area contributed by atoms with Crippen LogP contribution in [0.1, 0.15) is 18.9 Å². The molecule has 0 radical (unpaired) electrons. The van der Waals surface area contributed by atoms with Crippen molar-refractivity contribution in [3.63, 3.8) is 0 Å². The van der Waals surface area contributed by atoms with Crippen LogP contribution in [0.15, 0.2) is 30.3 Å². The van der Waals surface area contributed by atoms with Crippen LogP contribution >= 0.6 is 0 Å². The first-order valence-electron chi connectivity index (χ1n) is 8.05. The lowest BCUT2D eigenvalue weighted by Gasteiger charge is -2.54. The first kappa shape index (κ1) is 20.3. The molecular formula is C16H25NO6S2. The Kier molecular flexibility index (Phi) is 6.61. The Morgan fingerprint density at radius 3 is 2.12 bits per heavy atom. The Morgan fingerprint density at radius 2 is 1.56 bits per heavy atom. The van der Waals surface area contributed by atoms with Gasteiger partial charge < -0.3 is 0 Å². The highest BCUT2D eigenvalue weighted by atomic mass is 32.2. The predicted octanol–water partition coefficient (Wildman–Crippen LogP) is 1.22. The van der Waals surface area contributed by atoms with Crippen molar-refractivity contribution in [2.45, 2.75) is 32.0 Å². The van der Waals surface area contributed by atoms with E-state index in [0.717, 1.165) is 18.1 Å². The monoisotopic (exact) mass is 391 g/mol. The highest BCUT2D eigenvalue weighted by Gasteiger charge is 2.45. The van der Waals surface area contributed by atoms with Crippen LogP contribution in [0.3, 0.4) is 0 Å². The smallest absolute Gasteiger partial charge is 0.264 e. The van der Waals surface area contributed by atoms with Crippen molar-refractivity contribution in [1.82, 2.24) is 4.90 Å². The molecule has 7 nitrogen and oxygen atoms in total. The molecule has 0 aromatic heterocycles. The van der Waals surface area contributed by atoms with Crippen molar-refractivity contribution in [2.75, 3.05) is 25.7 Å². The van der Waals surface area contributed by atoms with Gasteiger partial charge in [0.15, 0.2) is 0 Å². The second-order valence-corrected chi connectivity index (χ2v) is 9.74. The van der Waals surface area contributed by atoms with Gasteiger partial charge in [0.2, 0.25) is 0 Å². The minimum Gasteiger partial charge on any atom is -0.290 e. The predicted molar refractivity (Wildman–Crippen MR) is 94.9 cm³/mol. The van der Waals surface area contributed by atoms with E-state index in [1.54, 1.807) is 0 Å². The van der Waals surface area contributed by atoms with E-state index in [1.165, 1.54) is 0 Å². The van der Waals surface area contributed by atoms with Crippen molar-refractivity contribution in [2.24, 2.45) is 5.92 Å². The summed E-state index contributed by atoms with van der Waals surface area (Å²) >= 11 is 0. The van der Waals surface area contributed by atoms with E-state index in [2.05, 4.69) is 4.90 Å². The second-order valence-electron chi connectivity index (χ2n) is 6.46. The summed E-state index contributed by atoms with van der Waals surface area (Å²) in [4.78, 5) is 2.15. The highest BCUT2D eigenvalue weighted by molar-refractivity contribution is 7.86. The van der Waals surface area contributed by atoms with Gasteiger partial charge in [0.25, 0.3) is 20.2 Å². The molecule has 142 valence electrons. The van der Waals surface area contributed by atoms with E-state index in [0.29, 0.717) is 13.0 Å². The normalized spacial score (nSPS) is 24.8. The van der Waals surface area contributed by atoms with Gasteiger partial charge >= 0.3 is 0 Å². The molecule has 0 aliphatic carbocycles. The van der Waals surface area contributed by atoms with Crippen LogP contribution in [0, 0.1) is 5.92 Å². The van der Waals surface area contributed by atoms with Gasteiger partial charge in [-0.15, -0.1) is 0 Å². The average Bonchev–Trinajstić information content (AvgIpc) is 2.50. The zero-order valence-electron chi connectivity index (χ0n) is 14.7. The first-order chi connectivity index (χ1) is 11.6. The molecule has 1 fully saturated rings. The zero-order chi connectivity index (χ0) is 18.7. The van der Waals surface area contributed by atoms with Gasteiger partial charge in [0.05, 0.1) is 25.7 Å². The number of likely N-dealkylation sites (tertiary alicyclic amines) is 1. The van der Waals surface area contributed by atoms with Crippen molar-refractivity contribution >= 4 is 20.2 Å². The summed E-state index contributed by atoms with van der Waals surface area (Å²) in [6, 6.07) is 9.89. The lowest BCUT2D eigenvalue weighted by atomic mass is 9.79. The molecule has 1 saturated heterocycles. The SMILES string of the molecule is CC1C(CCOS(C)(=O)=O)N(Cc2ccccc2)C1COS(C)(=O)=O. The number of hydrogen-bond donors (Lipinski definition) is 0. The van der Waals surface area contributed by atoms with Gasteiger partial charge in [-0.25, -0.2) is 0 Å². The van der Waals surface area contributed by atoms with Gasteiger partial charge in [0, 0.05) is 18.6 Å². The molecule has 2 rings (SSSR count). The second kappa shape index (κ2) is 8.13. The molecule has 1 aliphatic heterocycles. The van der Waals surface area contributed by atoms with Gasteiger partial charge in [-0.05, 0) is 17.9 Å². The highest BCUT2D eigenvalue weighted by Crippen LogP contribution is 2.36. The molecule has 1 heterocycles. The van der Waals surface area contributed by atoms with Gasteiger partial charge in [-0.3, -0.25) is 13.3 Å². The number of benzene rings is 1. The molecule has 1 aromatic carbocycles. The number of rotatable bonds is 9. The first-order valence-corrected chi connectivity index (χ1v) is 11.7. The lowest BCUT2D eigenvalue weighted by Crippen LogP contribution is -2.64. The largest absolute Gasteiger partial charge is 0.290 e. The number of hydrogen-bond acceptors (Lipinski definition) is 7. The number of nitrogens with zero attached hydrogens (tertiary/aromatic N) is 1. The fourth-order valence-electron chi connectivity index (χ4n) is 3.22. The van der Waals surface area contributed by atoms with Crippen molar-refractivity contribution in [3.8, 4) is 0 Å². The fourth-order valence-corrected chi connectivity index (χ4v) is 4.01. The molecule has 3 unspecified atom stereocenters. The Bertz CT molecular complexity index is 763. The standard InChI is InChI=1S/C16H25NO6S2/c1-13-15(9-10-22-24(2,18)19)17(11-14-7-5-4-6-8-14)16(13)12-23-25(3,20)21/h4-8,13,15-16H,9-12H2,1-3H3. The third kappa shape index (κ3) is 6.34. The summed E-state index contributed by atoms with van der Waals surface area (Å²) in [5.41, 5.74) is 1.10. The molecule has 0 amide bonds. The minimum absolute atomic E-state index is 0.0434. The Labute approximate surface area is 150 Å². The maximum Gasteiger partial charge on any atom is 0.264 e. The van der Waals surface area contributed by atoms with Crippen LogP contribution in [0.2, 0.25) is 0 Å². The Hall–Kier alpha value is -1.00. The summed E-state index contributed by atoms with van der Waals surface area (Å²) in [6.45, 7) is 2.87. The third-order valence-corrected chi connectivity index (χ3v) is 5.60. The average molecular weight is 392 g/mol. The maximum atomic E-state index is 11.3. The van der Waals surface area contributed by atoms with Crippen LogP contribution in [0.25, 0.3) is 0 Å². The molecule has 1 aromatic rings. The van der Waals surface area contributed by atoms with E-state index >= 15 is 0 Å². The van der Waals surface area contributed by atoms with Gasteiger partial charge in [-0.1, -0.05) is 37.3 Å². The molecule has 1 aliphatic rings. The van der Waals surface area contributed by atoms with E-state index in [9.17, 15) is 16.8 Å². The van der Waals surface area contributed by atoms with Gasteiger partial charge in [-0.2, -0.15) is 16.8 Å². The Morgan fingerprint density at radius 1 is 0.960 bits per heavy atom. The van der Waals surface area contributed by atoms with Crippen LogP contribution < -0.4 is 0 Å². The van der Waals surface area contributed by atoms with Crippen LogP contribution in [0.5, 0.6) is 0 Å². The molecule has 0 spiro atoms. The van der Waals surface area contributed by atoms with Crippen LogP contribution in [0.4, 0.5) is 0 Å². The van der Waals surface area contributed by atoms with E-state index in [-0.39, 0.29) is 31.2 Å². The van der Waals surface area contributed by atoms with E-state index < -0.39 is 20.2 Å². The van der Waals surface area contributed by atoms with Crippen molar-refractivity contribution in [3.05, 3.63) is 35.9 Å². The van der Waals surface area contributed by atoms with Crippen LogP contribution in [-0.4, -0.2) is 59.5 Å². The fraction of sp³-hybridized carbons (Fsp3) is 0.625. The molecule has 9 heteroatoms.